The second-order valence-electron chi connectivity index (χ2n) is 3.89. The third kappa shape index (κ3) is 2.27. The van der Waals surface area contributed by atoms with Gasteiger partial charge in [0.05, 0.1) is 12.6 Å². The van der Waals surface area contributed by atoms with E-state index in [4.69, 9.17) is 0 Å². The number of carbonyl (C=O) groups excluding carboxylic acids is 1. The lowest BCUT2D eigenvalue weighted by Crippen LogP contribution is -2.25. The van der Waals surface area contributed by atoms with Crippen LogP contribution in [0.1, 0.15) is 25.7 Å². The van der Waals surface area contributed by atoms with Gasteiger partial charge in [0.2, 0.25) is 5.91 Å². The first-order valence-electron chi connectivity index (χ1n) is 5.36. The van der Waals surface area contributed by atoms with Crippen molar-refractivity contribution < 1.29 is 4.79 Å². The highest BCUT2D eigenvalue weighted by Gasteiger charge is 2.18. The Hall–Kier alpha value is -1.01. The van der Waals surface area contributed by atoms with Gasteiger partial charge < -0.3 is 10.2 Å². The highest BCUT2D eigenvalue weighted by molar-refractivity contribution is 5.78. The summed E-state index contributed by atoms with van der Waals surface area (Å²) in [7, 11) is 0. The molecule has 2 rings (SSSR count). The topological polar surface area (TPSA) is 32.3 Å². The van der Waals surface area contributed by atoms with Crippen LogP contribution in [-0.4, -0.2) is 36.5 Å². The number of rotatable bonds is 1. The van der Waals surface area contributed by atoms with Crippen LogP contribution in [0.4, 0.5) is 0 Å². The van der Waals surface area contributed by atoms with E-state index in [9.17, 15) is 4.79 Å². The Kier molecular flexibility index (Phi) is 3.05. The zero-order valence-corrected chi connectivity index (χ0v) is 8.38. The second-order valence-corrected chi connectivity index (χ2v) is 3.89. The predicted octanol–water partition coefficient (Wildman–Crippen LogP) is 0.364. The van der Waals surface area contributed by atoms with Gasteiger partial charge in [-0.25, -0.2) is 0 Å². The summed E-state index contributed by atoms with van der Waals surface area (Å²) in [6.45, 7) is 2.60. The maximum absolute atomic E-state index is 11.2. The highest BCUT2D eigenvalue weighted by atomic mass is 16.2. The molecular weight excluding hydrogens is 176 g/mol. The minimum absolute atomic E-state index is 0.263. The van der Waals surface area contributed by atoms with E-state index < -0.39 is 0 Å². The molecule has 0 aliphatic carbocycles. The summed E-state index contributed by atoms with van der Waals surface area (Å²) < 4.78 is 0. The Morgan fingerprint density at radius 2 is 2.43 bits per heavy atom. The summed E-state index contributed by atoms with van der Waals surface area (Å²) in [5.41, 5.74) is 0. The zero-order valence-electron chi connectivity index (χ0n) is 8.38. The van der Waals surface area contributed by atoms with Crippen LogP contribution in [0.5, 0.6) is 0 Å². The van der Waals surface area contributed by atoms with Crippen LogP contribution in [0.25, 0.3) is 0 Å². The molecule has 14 heavy (non-hydrogen) atoms. The molecule has 1 amide bonds. The van der Waals surface area contributed by atoms with Crippen molar-refractivity contribution in [3.63, 3.8) is 0 Å². The van der Waals surface area contributed by atoms with Crippen molar-refractivity contribution in [1.29, 1.82) is 0 Å². The van der Waals surface area contributed by atoms with E-state index in [1.54, 1.807) is 0 Å². The van der Waals surface area contributed by atoms with Crippen LogP contribution in [0.3, 0.4) is 0 Å². The van der Waals surface area contributed by atoms with Crippen molar-refractivity contribution in [3.8, 4) is 11.8 Å². The normalized spacial score (nSPS) is 26.4. The zero-order chi connectivity index (χ0) is 9.80. The molecule has 2 saturated heterocycles. The van der Waals surface area contributed by atoms with Crippen molar-refractivity contribution in [1.82, 2.24) is 10.2 Å². The average Bonchev–Trinajstić information content (AvgIpc) is 2.78. The minimum atomic E-state index is 0.263. The van der Waals surface area contributed by atoms with Gasteiger partial charge in [0.1, 0.15) is 0 Å². The van der Waals surface area contributed by atoms with E-state index in [1.165, 1.54) is 6.42 Å². The monoisotopic (exact) mass is 192 g/mol. The van der Waals surface area contributed by atoms with E-state index in [2.05, 4.69) is 17.2 Å². The molecule has 3 nitrogen and oxygen atoms in total. The number of nitrogens with one attached hydrogen (secondary N) is 1. The molecule has 2 heterocycles. The lowest BCUT2D eigenvalue weighted by Gasteiger charge is -2.10. The van der Waals surface area contributed by atoms with E-state index in [1.807, 2.05) is 4.90 Å². The number of hydrogen-bond acceptors (Lipinski definition) is 2. The largest absolute Gasteiger partial charge is 0.332 e. The molecular formula is C11H16N2O. The van der Waals surface area contributed by atoms with Gasteiger partial charge >= 0.3 is 0 Å². The van der Waals surface area contributed by atoms with E-state index in [-0.39, 0.29) is 5.91 Å². The summed E-state index contributed by atoms with van der Waals surface area (Å²) in [5, 5.41) is 3.32. The fourth-order valence-corrected chi connectivity index (χ4v) is 1.94. The van der Waals surface area contributed by atoms with E-state index in [0.717, 1.165) is 25.9 Å². The fraction of sp³-hybridized carbons (Fsp3) is 0.727. The molecule has 1 atom stereocenters. The Balaban J connectivity index is 1.77. The van der Waals surface area contributed by atoms with Crippen LogP contribution in [0, 0.1) is 11.8 Å². The Bertz CT molecular complexity index is 271. The molecule has 0 aromatic carbocycles. The Morgan fingerprint density at radius 3 is 3.07 bits per heavy atom. The smallest absolute Gasteiger partial charge is 0.223 e. The van der Waals surface area contributed by atoms with Gasteiger partial charge in [-0.2, -0.15) is 0 Å². The van der Waals surface area contributed by atoms with Crippen molar-refractivity contribution in [3.05, 3.63) is 0 Å². The summed E-state index contributed by atoms with van der Waals surface area (Å²) in [6.07, 6.45) is 4.09. The van der Waals surface area contributed by atoms with Gasteiger partial charge in [0.15, 0.2) is 0 Å². The maximum Gasteiger partial charge on any atom is 0.223 e. The SMILES string of the molecule is O=C1CCCN1CC#CC1CCCN1. The van der Waals surface area contributed by atoms with Crippen LogP contribution in [-0.2, 0) is 4.79 Å². The van der Waals surface area contributed by atoms with Gasteiger partial charge in [-0.1, -0.05) is 11.8 Å². The van der Waals surface area contributed by atoms with Crippen LogP contribution < -0.4 is 5.32 Å². The van der Waals surface area contributed by atoms with Crippen molar-refractivity contribution in [2.45, 2.75) is 31.7 Å². The Morgan fingerprint density at radius 1 is 1.50 bits per heavy atom. The minimum Gasteiger partial charge on any atom is -0.332 e. The van der Waals surface area contributed by atoms with Gasteiger partial charge in [-0.05, 0) is 25.8 Å². The first kappa shape index (κ1) is 9.54. The van der Waals surface area contributed by atoms with Crippen LogP contribution in [0.15, 0.2) is 0 Å². The molecule has 76 valence electrons. The molecule has 2 fully saturated rings. The Labute approximate surface area is 84.8 Å². The fourth-order valence-electron chi connectivity index (χ4n) is 1.94. The van der Waals surface area contributed by atoms with Gasteiger partial charge in [0.25, 0.3) is 0 Å². The molecule has 0 spiro atoms. The summed E-state index contributed by atoms with van der Waals surface area (Å²) in [4.78, 5) is 13.1. The first-order chi connectivity index (χ1) is 6.86. The van der Waals surface area contributed by atoms with Crippen LogP contribution in [0.2, 0.25) is 0 Å². The van der Waals surface area contributed by atoms with Gasteiger partial charge in [-0.15, -0.1) is 0 Å². The number of nitrogens with zero attached hydrogens (tertiary/aromatic N) is 1. The van der Waals surface area contributed by atoms with Crippen LogP contribution >= 0.6 is 0 Å². The number of amides is 1. The summed E-state index contributed by atoms with van der Waals surface area (Å²) >= 11 is 0. The molecule has 0 aromatic heterocycles. The maximum atomic E-state index is 11.2. The molecule has 3 heteroatoms. The van der Waals surface area contributed by atoms with E-state index in [0.29, 0.717) is 19.0 Å². The molecule has 1 N–H and O–H groups in total. The summed E-state index contributed by atoms with van der Waals surface area (Å²) in [6, 6.07) is 0.368. The number of carbonyl (C=O) groups is 1. The second kappa shape index (κ2) is 4.47. The standard InChI is InChI=1S/C11H16N2O/c14-11-6-3-9-13(11)8-2-5-10-4-1-7-12-10/h10,12H,1,3-4,6-9H2. The predicted molar refractivity (Wildman–Crippen MR) is 54.6 cm³/mol. The third-order valence-corrected chi connectivity index (χ3v) is 2.78. The molecule has 0 bridgehead atoms. The summed E-state index contributed by atoms with van der Waals surface area (Å²) in [5.74, 6) is 6.53. The highest BCUT2D eigenvalue weighted by Crippen LogP contribution is 2.08. The number of likely N-dealkylation sites (tertiary alicyclic amines) is 1. The van der Waals surface area contributed by atoms with Crippen molar-refractivity contribution in [2.24, 2.45) is 0 Å². The molecule has 0 saturated carbocycles. The third-order valence-electron chi connectivity index (χ3n) is 2.78. The molecule has 0 aromatic rings. The molecule has 1 unspecified atom stereocenters. The molecule has 2 aliphatic rings. The molecule has 0 radical (unpaired) electrons. The lowest BCUT2D eigenvalue weighted by molar-refractivity contribution is -0.127. The average molecular weight is 192 g/mol. The van der Waals surface area contributed by atoms with Crippen molar-refractivity contribution >= 4 is 5.91 Å². The first-order valence-corrected chi connectivity index (χ1v) is 5.36. The van der Waals surface area contributed by atoms with Gasteiger partial charge in [0, 0.05) is 13.0 Å². The van der Waals surface area contributed by atoms with Crippen molar-refractivity contribution in [2.75, 3.05) is 19.6 Å². The van der Waals surface area contributed by atoms with E-state index >= 15 is 0 Å². The molecule has 2 aliphatic heterocycles. The lowest BCUT2D eigenvalue weighted by atomic mass is 10.2. The quantitative estimate of drug-likeness (QED) is 0.609. The van der Waals surface area contributed by atoms with Gasteiger partial charge in [-0.3, -0.25) is 4.79 Å². The number of hydrogen-bond donors (Lipinski definition) is 1.